The molecule has 16 heavy (non-hydrogen) atoms. The Kier molecular flexibility index (Phi) is 2.27. The zero-order valence-corrected chi connectivity index (χ0v) is 9.20. The maximum absolute atomic E-state index is 10.9. The van der Waals surface area contributed by atoms with Crippen LogP contribution in [-0.2, 0) is 12.8 Å². The van der Waals surface area contributed by atoms with Crippen LogP contribution in [0, 0.1) is 4.91 Å². The van der Waals surface area contributed by atoms with Crippen molar-refractivity contribution in [1.29, 1.82) is 0 Å². The second kappa shape index (κ2) is 3.77. The maximum atomic E-state index is 10.9. The van der Waals surface area contributed by atoms with E-state index >= 15 is 0 Å². The molecule has 0 atom stereocenters. The molecule has 1 aromatic rings. The molecule has 0 fully saturated rings. The average molecular weight is 217 g/mol. The Morgan fingerprint density at radius 2 is 2.00 bits per heavy atom. The quantitative estimate of drug-likeness (QED) is 0.735. The summed E-state index contributed by atoms with van der Waals surface area (Å²) in [7, 11) is 0. The lowest BCUT2D eigenvalue weighted by Crippen LogP contribution is -2.26. The molecule has 1 N–H and O–H groups in total. The van der Waals surface area contributed by atoms with Crippen molar-refractivity contribution in [1.82, 2.24) is 0 Å². The molecule has 0 spiro atoms. The standard InChI is InChI=1S/C12H15N3O/c16-14-15-8-2-4-10-6-5-9-3-1-7-13-11(9)12(10)15/h5-6,13H,1-4,7-8H2. The van der Waals surface area contributed by atoms with E-state index in [2.05, 4.69) is 22.7 Å². The van der Waals surface area contributed by atoms with E-state index in [1.807, 2.05) is 0 Å². The zero-order valence-electron chi connectivity index (χ0n) is 9.20. The van der Waals surface area contributed by atoms with Crippen molar-refractivity contribution in [3.05, 3.63) is 28.2 Å². The van der Waals surface area contributed by atoms with Crippen molar-refractivity contribution in [2.75, 3.05) is 23.4 Å². The van der Waals surface area contributed by atoms with Crippen LogP contribution in [0.1, 0.15) is 24.0 Å². The molecule has 0 unspecified atom stereocenters. The highest BCUT2D eigenvalue weighted by Crippen LogP contribution is 2.39. The Balaban J connectivity index is 2.15. The van der Waals surface area contributed by atoms with Crippen LogP contribution in [0.15, 0.2) is 17.4 Å². The van der Waals surface area contributed by atoms with Crippen molar-refractivity contribution in [3.8, 4) is 0 Å². The normalized spacial score (nSPS) is 18.4. The summed E-state index contributed by atoms with van der Waals surface area (Å²) in [5.74, 6) is 0. The van der Waals surface area contributed by atoms with Gasteiger partial charge in [0.1, 0.15) is 0 Å². The van der Waals surface area contributed by atoms with Crippen molar-refractivity contribution in [2.24, 2.45) is 5.29 Å². The van der Waals surface area contributed by atoms with Gasteiger partial charge in [-0.05, 0) is 36.8 Å². The Hall–Kier alpha value is -1.58. The summed E-state index contributed by atoms with van der Waals surface area (Å²) in [6.45, 7) is 1.74. The minimum atomic E-state index is 0.745. The summed E-state index contributed by atoms with van der Waals surface area (Å²) in [5, 5.41) is 8.16. The van der Waals surface area contributed by atoms with Gasteiger partial charge in [0, 0.05) is 13.1 Å². The molecule has 4 heteroatoms. The predicted molar refractivity (Wildman–Crippen MR) is 64.7 cm³/mol. The van der Waals surface area contributed by atoms with E-state index in [9.17, 15) is 4.91 Å². The van der Waals surface area contributed by atoms with Crippen molar-refractivity contribution < 1.29 is 0 Å². The third-order valence-corrected chi connectivity index (χ3v) is 3.45. The van der Waals surface area contributed by atoms with Gasteiger partial charge in [0.05, 0.1) is 16.7 Å². The topological polar surface area (TPSA) is 44.7 Å². The predicted octanol–water partition coefficient (Wildman–Crippen LogP) is 2.48. The van der Waals surface area contributed by atoms with Crippen LogP contribution in [0.5, 0.6) is 0 Å². The fourth-order valence-electron chi connectivity index (χ4n) is 2.68. The van der Waals surface area contributed by atoms with E-state index in [1.165, 1.54) is 17.5 Å². The van der Waals surface area contributed by atoms with Gasteiger partial charge < -0.3 is 5.32 Å². The maximum Gasteiger partial charge on any atom is 0.0892 e. The van der Waals surface area contributed by atoms with E-state index in [1.54, 1.807) is 5.01 Å². The molecule has 84 valence electrons. The molecule has 0 saturated carbocycles. The zero-order chi connectivity index (χ0) is 11.0. The van der Waals surface area contributed by atoms with Gasteiger partial charge in [0.2, 0.25) is 0 Å². The van der Waals surface area contributed by atoms with Crippen LogP contribution in [0.2, 0.25) is 0 Å². The Bertz CT molecular complexity index is 431. The number of hydrogen-bond acceptors (Lipinski definition) is 3. The third kappa shape index (κ3) is 1.37. The first-order valence-corrected chi connectivity index (χ1v) is 5.89. The fourth-order valence-corrected chi connectivity index (χ4v) is 2.68. The van der Waals surface area contributed by atoms with Crippen molar-refractivity contribution in [3.63, 3.8) is 0 Å². The molecule has 2 aliphatic rings. The van der Waals surface area contributed by atoms with Gasteiger partial charge in [0.15, 0.2) is 0 Å². The van der Waals surface area contributed by atoms with Crippen molar-refractivity contribution in [2.45, 2.75) is 25.7 Å². The largest absolute Gasteiger partial charge is 0.383 e. The molecule has 2 aliphatic heterocycles. The van der Waals surface area contributed by atoms with Gasteiger partial charge >= 0.3 is 0 Å². The number of aryl methyl sites for hydroxylation is 2. The summed E-state index contributed by atoms with van der Waals surface area (Å²) in [6, 6.07) is 4.34. The second-order valence-corrected chi connectivity index (χ2v) is 4.45. The van der Waals surface area contributed by atoms with Gasteiger partial charge in [-0.25, -0.2) is 5.01 Å². The van der Waals surface area contributed by atoms with Crippen LogP contribution in [0.25, 0.3) is 0 Å². The minimum Gasteiger partial charge on any atom is -0.383 e. The lowest BCUT2D eigenvalue weighted by atomic mass is 9.94. The third-order valence-electron chi connectivity index (χ3n) is 3.45. The monoisotopic (exact) mass is 217 g/mol. The van der Waals surface area contributed by atoms with Crippen molar-refractivity contribution >= 4 is 11.4 Å². The van der Waals surface area contributed by atoms with Gasteiger partial charge in [-0.15, -0.1) is 4.91 Å². The van der Waals surface area contributed by atoms with E-state index < -0.39 is 0 Å². The number of nitrogens with zero attached hydrogens (tertiary/aromatic N) is 2. The lowest BCUT2D eigenvalue weighted by Gasteiger charge is -2.30. The highest BCUT2D eigenvalue weighted by atomic mass is 16.3. The molecular weight excluding hydrogens is 202 g/mol. The first-order chi connectivity index (χ1) is 7.90. The van der Waals surface area contributed by atoms with E-state index in [-0.39, 0.29) is 0 Å². The number of fused-ring (bicyclic) bond motifs is 3. The van der Waals surface area contributed by atoms with E-state index in [4.69, 9.17) is 0 Å². The second-order valence-electron chi connectivity index (χ2n) is 4.45. The van der Waals surface area contributed by atoms with Crippen LogP contribution in [-0.4, -0.2) is 13.1 Å². The van der Waals surface area contributed by atoms with Crippen LogP contribution in [0.3, 0.4) is 0 Å². The van der Waals surface area contributed by atoms with E-state index in [0.29, 0.717) is 0 Å². The molecule has 3 rings (SSSR count). The molecule has 4 nitrogen and oxygen atoms in total. The van der Waals surface area contributed by atoms with Crippen LogP contribution in [0.4, 0.5) is 11.4 Å². The summed E-state index contributed by atoms with van der Waals surface area (Å²) >= 11 is 0. The lowest BCUT2D eigenvalue weighted by molar-refractivity contribution is 0.707. The first-order valence-electron chi connectivity index (χ1n) is 5.89. The summed E-state index contributed by atoms with van der Waals surface area (Å²) < 4.78 is 0. The fraction of sp³-hybridized carbons (Fsp3) is 0.500. The average Bonchev–Trinajstić information content (AvgIpc) is 2.37. The van der Waals surface area contributed by atoms with Gasteiger partial charge in [0.25, 0.3) is 0 Å². The molecule has 1 aromatic carbocycles. The van der Waals surface area contributed by atoms with E-state index in [0.717, 1.165) is 43.7 Å². The summed E-state index contributed by atoms with van der Waals surface area (Å²) in [4.78, 5) is 10.9. The van der Waals surface area contributed by atoms with Gasteiger partial charge in [-0.1, -0.05) is 12.1 Å². The number of nitrogens with one attached hydrogen (secondary N) is 1. The Morgan fingerprint density at radius 1 is 1.19 bits per heavy atom. The molecule has 0 aromatic heterocycles. The molecule has 0 bridgehead atoms. The molecular formula is C12H15N3O. The Labute approximate surface area is 94.6 Å². The minimum absolute atomic E-state index is 0.745. The number of benzene rings is 1. The number of anilines is 2. The number of rotatable bonds is 1. The number of hydrogen-bond donors (Lipinski definition) is 1. The highest BCUT2D eigenvalue weighted by Gasteiger charge is 2.24. The summed E-state index contributed by atoms with van der Waals surface area (Å²) in [5.41, 5.74) is 4.74. The number of nitroso groups, excluding NO2 is 1. The SMILES string of the molecule is O=NN1CCCc2ccc3c(c21)NCCC3. The Morgan fingerprint density at radius 3 is 2.88 bits per heavy atom. The van der Waals surface area contributed by atoms with Crippen LogP contribution < -0.4 is 10.3 Å². The molecule has 0 amide bonds. The molecule has 2 heterocycles. The van der Waals surface area contributed by atoms with Gasteiger partial charge in [-0.3, -0.25) is 0 Å². The molecule has 0 aliphatic carbocycles. The first kappa shape index (κ1) is 9.63. The highest BCUT2D eigenvalue weighted by molar-refractivity contribution is 5.78. The van der Waals surface area contributed by atoms with Gasteiger partial charge in [-0.2, -0.15) is 0 Å². The molecule has 0 radical (unpaired) electrons. The van der Waals surface area contributed by atoms with Crippen LogP contribution >= 0.6 is 0 Å². The molecule has 0 saturated heterocycles. The smallest absolute Gasteiger partial charge is 0.0892 e. The summed E-state index contributed by atoms with van der Waals surface area (Å²) in [6.07, 6.45) is 4.33.